The van der Waals surface area contributed by atoms with Crippen LogP contribution < -0.4 is 30.6 Å². The second-order valence-electron chi connectivity index (χ2n) is 15.7. The third kappa shape index (κ3) is 14.7. The van der Waals surface area contributed by atoms with Crippen LogP contribution in [0.1, 0.15) is 39.7 Å². The van der Waals surface area contributed by atoms with E-state index in [4.69, 9.17) is 57.8 Å². The van der Waals surface area contributed by atoms with Crippen LogP contribution in [0.25, 0.3) is 0 Å². The van der Waals surface area contributed by atoms with Gasteiger partial charge in [0.1, 0.15) is 42.2 Å². The molecule has 0 saturated carbocycles. The second-order valence-corrected chi connectivity index (χ2v) is 18.4. The first-order valence-corrected chi connectivity index (χ1v) is 23.5. The number of nitrogens with two attached hydrogens (primary N) is 1. The summed E-state index contributed by atoms with van der Waals surface area (Å²) in [6, 6.07) is 11.3. The molecule has 7 atom stereocenters. The molecule has 19 nitrogen and oxygen atoms in total. The van der Waals surface area contributed by atoms with Crippen molar-refractivity contribution in [2.45, 2.75) is 75.0 Å². The van der Waals surface area contributed by atoms with Crippen molar-refractivity contribution < 1.29 is 70.7 Å². The Morgan fingerprint density at radius 2 is 1.75 bits per heavy atom. The van der Waals surface area contributed by atoms with Crippen molar-refractivity contribution >= 4 is 40.8 Å². The Hall–Kier alpha value is -4.19. The molecule has 6 rings (SSSR count). The summed E-state index contributed by atoms with van der Waals surface area (Å²) in [5, 5.41) is 8.57. The van der Waals surface area contributed by atoms with Gasteiger partial charge in [0.25, 0.3) is 0 Å². The van der Waals surface area contributed by atoms with E-state index in [9.17, 15) is 18.6 Å². The van der Waals surface area contributed by atoms with E-state index < -0.39 is 72.3 Å². The minimum Gasteiger partial charge on any atom is -0.487 e. The van der Waals surface area contributed by atoms with Crippen LogP contribution in [-0.2, 0) is 64.9 Å². The van der Waals surface area contributed by atoms with Gasteiger partial charge in [-0.3, -0.25) is 5.73 Å². The molecule has 2 aromatic carbocycles. The number of nitrogens with one attached hydrogen (secondary N) is 2. The van der Waals surface area contributed by atoms with Crippen LogP contribution in [0.3, 0.4) is 0 Å². The highest BCUT2D eigenvalue weighted by atomic mass is 32.2. The molecular formula is C43H60N4O15S2. The van der Waals surface area contributed by atoms with Gasteiger partial charge in [0.05, 0.1) is 74.1 Å². The number of benzene rings is 2. The van der Waals surface area contributed by atoms with E-state index in [1.165, 1.54) is 0 Å². The molecule has 2 fully saturated rings. The first kappa shape index (κ1) is 49.2. The summed E-state index contributed by atoms with van der Waals surface area (Å²) < 4.78 is 77.6. The lowest BCUT2D eigenvalue weighted by Crippen LogP contribution is -2.53. The van der Waals surface area contributed by atoms with Crippen LogP contribution in [-0.4, -0.2) is 142 Å². The zero-order valence-corrected chi connectivity index (χ0v) is 38.3. The van der Waals surface area contributed by atoms with Crippen molar-refractivity contribution in [1.82, 2.24) is 14.9 Å². The van der Waals surface area contributed by atoms with Crippen LogP contribution in [0, 0.1) is 11.8 Å². The van der Waals surface area contributed by atoms with Crippen molar-refractivity contribution in [2.24, 2.45) is 17.6 Å². The molecule has 354 valence electrons. The lowest BCUT2D eigenvalue weighted by molar-refractivity contribution is -0.191. The lowest BCUT2D eigenvalue weighted by atomic mass is 10.00. The molecule has 21 heteroatoms. The van der Waals surface area contributed by atoms with Crippen molar-refractivity contribution in [3.05, 3.63) is 59.1 Å². The molecule has 4 heterocycles. The largest absolute Gasteiger partial charge is 0.487 e. The van der Waals surface area contributed by atoms with Gasteiger partial charge in [-0.15, -0.1) is 11.8 Å². The number of hydrogen-bond donors (Lipinski definition) is 3. The number of hydrogen-bond acceptors (Lipinski definition) is 18. The van der Waals surface area contributed by atoms with Gasteiger partial charge in [-0.1, -0.05) is 26.0 Å². The third-order valence-corrected chi connectivity index (χ3v) is 12.7. The number of esters is 2. The van der Waals surface area contributed by atoms with Gasteiger partial charge in [0, 0.05) is 19.2 Å². The molecule has 64 heavy (non-hydrogen) atoms. The van der Waals surface area contributed by atoms with E-state index in [0.29, 0.717) is 68.1 Å². The van der Waals surface area contributed by atoms with Gasteiger partial charge in [0.2, 0.25) is 12.7 Å². The number of fused-ring (bicyclic) bond motifs is 2. The summed E-state index contributed by atoms with van der Waals surface area (Å²) in [5.41, 5.74) is 8.00. The number of ether oxygens (including phenoxy) is 11. The summed E-state index contributed by atoms with van der Waals surface area (Å²) in [6.45, 7) is 9.39. The minimum absolute atomic E-state index is 0.00112. The summed E-state index contributed by atoms with van der Waals surface area (Å²) in [4.78, 5) is 40.5. The number of nitrogens with zero attached hydrogens (tertiary/aromatic N) is 1. The molecule has 4 N–H and O–H groups in total. The van der Waals surface area contributed by atoms with Crippen molar-refractivity contribution in [1.29, 1.82) is 0 Å². The molecule has 0 aliphatic carbocycles. The smallest absolute Gasteiger partial charge is 0.407 e. The van der Waals surface area contributed by atoms with Crippen molar-refractivity contribution in [3.8, 4) is 17.2 Å². The van der Waals surface area contributed by atoms with E-state index in [2.05, 4.69) is 17.6 Å². The lowest BCUT2D eigenvalue weighted by Gasteiger charge is -2.33. The number of rotatable bonds is 26. The minimum atomic E-state index is -1.81. The van der Waals surface area contributed by atoms with Gasteiger partial charge in [-0.05, 0) is 67.8 Å². The molecule has 4 aliphatic rings. The maximum Gasteiger partial charge on any atom is 0.407 e. The Balaban J connectivity index is 1.20. The van der Waals surface area contributed by atoms with Crippen molar-refractivity contribution in [2.75, 3.05) is 86.0 Å². The Morgan fingerprint density at radius 1 is 0.984 bits per heavy atom. The number of alkyl carbamates (subject to hydrolysis) is 1. The highest BCUT2D eigenvalue weighted by Gasteiger charge is 2.54. The maximum absolute atomic E-state index is 14.4. The monoisotopic (exact) mass is 936 g/mol. The Bertz CT molecular complexity index is 1910. The molecule has 0 spiro atoms. The Morgan fingerprint density at radius 3 is 2.50 bits per heavy atom. The normalized spacial score (nSPS) is 22.4. The third-order valence-electron chi connectivity index (χ3n) is 10.3. The number of amides is 1. The maximum atomic E-state index is 14.4. The highest BCUT2D eigenvalue weighted by molar-refractivity contribution is 8.02. The van der Waals surface area contributed by atoms with Crippen molar-refractivity contribution in [3.63, 3.8) is 0 Å². The molecule has 0 aromatic heterocycles. The summed E-state index contributed by atoms with van der Waals surface area (Å²) >= 11 is 1.67. The first-order valence-electron chi connectivity index (χ1n) is 21.4. The quantitative estimate of drug-likeness (QED) is 0.0700. The van der Waals surface area contributed by atoms with E-state index in [0.717, 1.165) is 11.3 Å². The number of carbonyl (C=O) groups excluding carboxylic acids is 3. The fourth-order valence-electron chi connectivity index (χ4n) is 7.24. The SMILES string of the molecule is CCOCCOCCOCC(=O)OCC(=O)OC(CN(CC(C)C)S(=O)c1ccc2c(c1)OCO2)[C@H](Cc1ccc(OCC2=CSC(C)N2)cc1)NC(=O)OC1COC2(N)OCCC12. The van der Waals surface area contributed by atoms with Gasteiger partial charge in [-0.25, -0.2) is 22.9 Å². The zero-order valence-electron chi connectivity index (χ0n) is 36.7. The standard InChI is InChI=1S/C43H60N4O15S2/c1-5-52-14-15-53-16-17-54-24-40(48)56-25-41(49)61-38(21-47(20-28(2)3)64(51)33-10-11-36-37(19-33)58-27-57-36)35(46-42(50)62-39-23-60-43(44)34(39)12-13-59-43)18-30-6-8-32(9-7-30)55-22-31-26-63-29(4)45-31/h6-11,19,26,28-29,34-35,38-39,45H,5,12-18,20-25,27,44H2,1-4H3,(H,46,50)/t29?,34?,35-,38?,39?,43?,64?/m0/s1. The van der Waals surface area contributed by atoms with E-state index in [1.807, 2.05) is 50.4 Å². The molecule has 4 aliphatic heterocycles. The molecular weight excluding hydrogens is 877 g/mol. The van der Waals surface area contributed by atoms with Gasteiger partial charge < -0.3 is 62.7 Å². The molecule has 0 bridgehead atoms. The zero-order chi connectivity index (χ0) is 45.5. The van der Waals surface area contributed by atoms with Crippen LogP contribution in [0.15, 0.2) is 58.5 Å². The highest BCUT2D eigenvalue weighted by Crippen LogP contribution is 2.39. The van der Waals surface area contributed by atoms with E-state index in [-0.39, 0.29) is 50.9 Å². The Kier molecular flexibility index (Phi) is 18.8. The van der Waals surface area contributed by atoms with Crippen LogP contribution in [0.5, 0.6) is 17.2 Å². The number of thioether (sulfide) groups is 1. The second kappa shape index (κ2) is 24.4. The molecule has 6 unspecified atom stereocenters. The fraction of sp³-hybridized carbons (Fsp3) is 0.605. The van der Waals surface area contributed by atoms with E-state index >= 15 is 0 Å². The van der Waals surface area contributed by atoms with Gasteiger partial charge >= 0.3 is 18.0 Å². The number of carbonyl (C=O) groups is 3. The average Bonchev–Trinajstić information content (AvgIpc) is 4.07. The molecule has 2 saturated heterocycles. The van der Waals surface area contributed by atoms with Gasteiger partial charge in [-0.2, -0.15) is 0 Å². The molecule has 1 amide bonds. The summed E-state index contributed by atoms with van der Waals surface area (Å²) in [7, 11) is -1.81. The van der Waals surface area contributed by atoms with Crippen LogP contribution >= 0.6 is 11.8 Å². The topological polar surface area (TPSA) is 223 Å². The Labute approximate surface area is 380 Å². The average molecular weight is 937 g/mol. The summed E-state index contributed by atoms with van der Waals surface area (Å²) in [5.74, 6) is -1.87. The van der Waals surface area contributed by atoms with Crippen LogP contribution in [0.4, 0.5) is 4.79 Å². The molecule has 2 aromatic rings. The predicted octanol–water partition coefficient (Wildman–Crippen LogP) is 3.21. The summed E-state index contributed by atoms with van der Waals surface area (Å²) in [6.07, 6.45) is -2.07. The van der Waals surface area contributed by atoms with E-state index in [1.54, 1.807) is 34.3 Å². The van der Waals surface area contributed by atoms with Gasteiger partial charge in [0.15, 0.2) is 18.1 Å². The fourth-order valence-corrected chi connectivity index (χ4v) is 9.37. The predicted molar refractivity (Wildman–Crippen MR) is 232 cm³/mol. The first-order chi connectivity index (χ1) is 30.9. The molecule has 0 radical (unpaired) electrons. The van der Waals surface area contributed by atoms with Crippen LogP contribution in [0.2, 0.25) is 0 Å².